The van der Waals surface area contributed by atoms with E-state index in [1.807, 2.05) is 41.6 Å². The van der Waals surface area contributed by atoms with E-state index in [2.05, 4.69) is 62.0 Å². The van der Waals surface area contributed by atoms with Crippen molar-refractivity contribution in [3.05, 3.63) is 95.4 Å². The van der Waals surface area contributed by atoms with Crippen molar-refractivity contribution in [3.63, 3.8) is 0 Å². The Kier molecular flexibility index (Phi) is 5.31. The van der Waals surface area contributed by atoms with E-state index in [0.29, 0.717) is 13.1 Å². The fraction of sp³-hybridized carbons (Fsp3) is 0.222. The number of fused-ring (bicyclic) bond motifs is 4. The number of carbonyl (C=O) groups excluding carboxylic acids is 1. The molecular formula is C27H27N6O+. The molecule has 34 heavy (non-hydrogen) atoms. The second-order valence-electron chi connectivity index (χ2n) is 8.93. The van der Waals surface area contributed by atoms with Crippen LogP contribution in [-0.2, 0) is 24.2 Å². The van der Waals surface area contributed by atoms with Gasteiger partial charge in [0, 0.05) is 53.8 Å². The standard InChI is InChI=1S/C27H26N6O/c34-27(33-13-11-21-20(17-33)15-30-26-23(21)16-31-32-26)25(18-6-2-1-3-7-18)28-12-10-19-14-29-24-9-5-4-8-22(19)24/h1-9,14-16,25,28-29H,10-13,17H2,(H,30,31,32)/p+1. The van der Waals surface area contributed by atoms with Crippen molar-refractivity contribution in [3.8, 4) is 0 Å². The first-order valence-corrected chi connectivity index (χ1v) is 11.8. The lowest BCUT2D eigenvalue weighted by molar-refractivity contribution is -0.683. The van der Waals surface area contributed by atoms with Gasteiger partial charge in [0.2, 0.25) is 0 Å². The van der Waals surface area contributed by atoms with Crippen LogP contribution in [0.5, 0.6) is 0 Å². The molecule has 0 spiro atoms. The highest BCUT2D eigenvalue weighted by Gasteiger charge is 2.31. The normalized spacial score (nSPS) is 14.4. The molecule has 0 bridgehead atoms. The summed E-state index contributed by atoms with van der Waals surface area (Å²) in [4.78, 5) is 23.6. The summed E-state index contributed by atoms with van der Waals surface area (Å²) < 4.78 is 0. The predicted octanol–water partition coefficient (Wildman–Crippen LogP) is 2.87. The molecule has 5 aromatic rings. The lowest BCUT2D eigenvalue weighted by atomic mass is 9.97. The summed E-state index contributed by atoms with van der Waals surface area (Å²) in [5, 5.41) is 11.6. The van der Waals surface area contributed by atoms with Crippen LogP contribution in [0.15, 0.2) is 73.2 Å². The van der Waals surface area contributed by atoms with Crippen molar-refractivity contribution in [2.24, 2.45) is 0 Å². The number of aromatic nitrogens is 4. The van der Waals surface area contributed by atoms with Crippen molar-refractivity contribution < 1.29 is 10.1 Å². The van der Waals surface area contributed by atoms with Crippen LogP contribution in [0.4, 0.5) is 0 Å². The third-order valence-corrected chi connectivity index (χ3v) is 6.90. The minimum Gasteiger partial charge on any atom is -0.361 e. The number of rotatable bonds is 6. The molecule has 1 aliphatic heterocycles. The molecule has 2 aromatic carbocycles. The van der Waals surface area contributed by atoms with E-state index in [4.69, 9.17) is 0 Å². The summed E-state index contributed by atoms with van der Waals surface area (Å²) in [5.41, 5.74) is 6.65. The quantitative estimate of drug-likeness (QED) is 0.371. The molecule has 3 aromatic heterocycles. The SMILES string of the molecule is O=C(C([NH2+]CCc1c[nH]c2ccccc12)c1ccccc1)N1CCc2c(cnc3[nH]ncc23)C1. The average Bonchev–Trinajstić information content (AvgIpc) is 3.54. The van der Waals surface area contributed by atoms with E-state index >= 15 is 0 Å². The monoisotopic (exact) mass is 451 g/mol. The van der Waals surface area contributed by atoms with Crippen LogP contribution in [0.25, 0.3) is 21.9 Å². The Morgan fingerprint density at radius 3 is 2.82 bits per heavy atom. The molecule has 0 saturated heterocycles. The van der Waals surface area contributed by atoms with Gasteiger partial charge in [0.25, 0.3) is 5.91 Å². The third-order valence-electron chi connectivity index (χ3n) is 6.90. The zero-order chi connectivity index (χ0) is 22.9. The molecule has 0 aliphatic carbocycles. The van der Waals surface area contributed by atoms with Gasteiger partial charge >= 0.3 is 0 Å². The molecule has 7 nitrogen and oxygen atoms in total. The fourth-order valence-corrected chi connectivity index (χ4v) is 5.12. The number of para-hydroxylation sites is 1. The van der Waals surface area contributed by atoms with E-state index in [9.17, 15) is 4.79 Å². The number of nitrogens with two attached hydrogens (primary N) is 1. The number of carbonyl (C=O) groups is 1. The summed E-state index contributed by atoms with van der Waals surface area (Å²) in [6, 6.07) is 18.2. The smallest absolute Gasteiger partial charge is 0.285 e. The highest BCUT2D eigenvalue weighted by Crippen LogP contribution is 2.26. The molecule has 0 saturated carbocycles. The van der Waals surface area contributed by atoms with Crippen LogP contribution in [-0.4, -0.2) is 44.1 Å². The average molecular weight is 452 g/mol. The first-order chi connectivity index (χ1) is 16.8. The van der Waals surface area contributed by atoms with Gasteiger partial charge in [0.15, 0.2) is 11.7 Å². The third kappa shape index (κ3) is 3.74. The van der Waals surface area contributed by atoms with Crippen LogP contribution in [0.1, 0.15) is 28.3 Å². The summed E-state index contributed by atoms with van der Waals surface area (Å²) >= 11 is 0. The van der Waals surface area contributed by atoms with Gasteiger partial charge in [0.05, 0.1) is 12.7 Å². The number of aromatic amines is 2. The van der Waals surface area contributed by atoms with E-state index in [1.165, 1.54) is 16.5 Å². The van der Waals surface area contributed by atoms with Gasteiger partial charge in [-0.05, 0) is 29.2 Å². The molecule has 1 aliphatic rings. The van der Waals surface area contributed by atoms with Gasteiger partial charge in [-0.1, -0.05) is 48.5 Å². The molecule has 1 amide bonds. The summed E-state index contributed by atoms with van der Waals surface area (Å²) in [7, 11) is 0. The topological polar surface area (TPSA) is 94.3 Å². The number of nitrogens with zero attached hydrogens (tertiary/aromatic N) is 3. The van der Waals surface area contributed by atoms with E-state index < -0.39 is 0 Å². The van der Waals surface area contributed by atoms with Crippen LogP contribution in [0.3, 0.4) is 0 Å². The molecule has 170 valence electrons. The molecule has 4 N–H and O–H groups in total. The summed E-state index contributed by atoms with van der Waals surface area (Å²) in [6.45, 7) is 2.12. The number of hydrogen-bond acceptors (Lipinski definition) is 3. The van der Waals surface area contributed by atoms with Gasteiger partial charge in [-0.25, -0.2) is 4.98 Å². The van der Waals surface area contributed by atoms with E-state index in [0.717, 1.165) is 47.1 Å². The Morgan fingerprint density at radius 1 is 1.06 bits per heavy atom. The predicted molar refractivity (Wildman–Crippen MR) is 131 cm³/mol. The molecule has 0 fully saturated rings. The van der Waals surface area contributed by atoms with Gasteiger partial charge in [0.1, 0.15) is 0 Å². The molecule has 7 heteroatoms. The number of nitrogens with one attached hydrogen (secondary N) is 2. The number of amides is 1. The Balaban J connectivity index is 1.21. The summed E-state index contributed by atoms with van der Waals surface area (Å²) in [6.07, 6.45) is 7.52. The maximum atomic E-state index is 13.8. The van der Waals surface area contributed by atoms with Crippen molar-refractivity contribution in [1.29, 1.82) is 0 Å². The van der Waals surface area contributed by atoms with Gasteiger partial charge in [-0.3, -0.25) is 9.89 Å². The van der Waals surface area contributed by atoms with Crippen molar-refractivity contribution in [1.82, 2.24) is 25.1 Å². The Labute approximate surface area is 197 Å². The zero-order valence-electron chi connectivity index (χ0n) is 18.9. The molecule has 6 rings (SSSR count). The van der Waals surface area contributed by atoms with Crippen LogP contribution < -0.4 is 5.32 Å². The Bertz CT molecular complexity index is 1450. The zero-order valence-corrected chi connectivity index (χ0v) is 18.9. The largest absolute Gasteiger partial charge is 0.361 e. The lowest BCUT2D eigenvalue weighted by Gasteiger charge is -2.31. The maximum absolute atomic E-state index is 13.8. The van der Waals surface area contributed by atoms with Gasteiger partial charge in [-0.2, -0.15) is 5.10 Å². The van der Waals surface area contributed by atoms with E-state index in [1.54, 1.807) is 0 Å². The summed E-state index contributed by atoms with van der Waals surface area (Å²) in [5.74, 6) is 0.156. The molecule has 4 heterocycles. The van der Waals surface area contributed by atoms with Crippen molar-refractivity contribution in [2.75, 3.05) is 13.1 Å². The number of benzene rings is 2. The second kappa shape index (κ2) is 8.76. The van der Waals surface area contributed by atoms with Crippen molar-refractivity contribution >= 4 is 27.8 Å². The highest BCUT2D eigenvalue weighted by molar-refractivity contribution is 5.84. The highest BCUT2D eigenvalue weighted by atomic mass is 16.2. The Hall–Kier alpha value is -3.97. The number of pyridine rings is 1. The lowest BCUT2D eigenvalue weighted by Crippen LogP contribution is -2.88. The van der Waals surface area contributed by atoms with Gasteiger partial charge < -0.3 is 15.2 Å². The second-order valence-corrected chi connectivity index (χ2v) is 8.93. The Morgan fingerprint density at radius 2 is 1.91 bits per heavy atom. The molecule has 0 radical (unpaired) electrons. The number of quaternary nitrogens is 1. The van der Waals surface area contributed by atoms with Crippen molar-refractivity contribution in [2.45, 2.75) is 25.4 Å². The fourth-order valence-electron chi connectivity index (χ4n) is 5.12. The minimum atomic E-state index is -0.265. The molecule has 1 unspecified atom stereocenters. The number of H-pyrrole nitrogens is 2. The first kappa shape index (κ1) is 20.6. The minimum absolute atomic E-state index is 0.156. The van der Waals surface area contributed by atoms with Gasteiger partial charge in [-0.15, -0.1) is 0 Å². The molecular weight excluding hydrogens is 424 g/mol. The van der Waals surface area contributed by atoms with Crippen LogP contribution in [0, 0.1) is 0 Å². The van der Waals surface area contributed by atoms with E-state index in [-0.39, 0.29) is 11.9 Å². The van der Waals surface area contributed by atoms with Crippen LogP contribution in [0.2, 0.25) is 0 Å². The number of hydrogen-bond donors (Lipinski definition) is 3. The first-order valence-electron chi connectivity index (χ1n) is 11.8. The van der Waals surface area contributed by atoms with Crippen LogP contribution >= 0.6 is 0 Å². The molecule has 1 atom stereocenters. The maximum Gasteiger partial charge on any atom is 0.285 e.